The molecule has 130 valence electrons. The molecule has 0 fully saturated rings. The molecule has 1 atom stereocenters. The molecule has 1 aliphatic rings. The third-order valence-corrected chi connectivity index (χ3v) is 4.89. The molecular weight excluding hydrogens is 322 g/mol. The number of amides is 1. The first-order chi connectivity index (χ1) is 12.7. The number of benzene rings is 2. The second kappa shape index (κ2) is 7.00. The summed E-state index contributed by atoms with van der Waals surface area (Å²) in [5.74, 6) is -0.0588. The van der Waals surface area contributed by atoms with Gasteiger partial charge in [-0.1, -0.05) is 36.4 Å². The number of carbonyl (C=O) groups is 1. The Morgan fingerprint density at radius 2 is 2.15 bits per heavy atom. The minimum atomic E-state index is -0.0588. The van der Waals surface area contributed by atoms with Crippen LogP contribution in [-0.2, 0) is 11.2 Å². The Balaban J connectivity index is 1.47. The quantitative estimate of drug-likeness (QED) is 0.728. The summed E-state index contributed by atoms with van der Waals surface area (Å²) < 4.78 is 1.97. The zero-order chi connectivity index (χ0) is 17.9. The predicted octanol–water partition coefficient (Wildman–Crippen LogP) is 4.00. The van der Waals surface area contributed by atoms with Crippen LogP contribution in [0.3, 0.4) is 0 Å². The average Bonchev–Trinajstić information content (AvgIpc) is 3.32. The normalized spacial score (nSPS) is 16.0. The molecule has 26 heavy (non-hydrogen) atoms. The van der Waals surface area contributed by atoms with Gasteiger partial charge in [-0.15, -0.1) is 0 Å². The molecular formula is C22H21N3O. The van der Waals surface area contributed by atoms with Gasteiger partial charge in [-0.25, -0.2) is 4.98 Å². The van der Waals surface area contributed by atoms with Gasteiger partial charge in [0.2, 0.25) is 5.91 Å². The van der Waals surface area contributed by atoms with Crippen molar-refractivity contribution in [2.24, 2.45) is 0 Å². The van der Waals surface area contributed by atoms with Gasteiger partial charge in [-0.3, -0.25) is 4.79 Å². The summed E-state index contributed by atoms with van der Waals surface area (Å²) in [6.45, 7) is 2.06. The molecule has 2 aromatic carbocycles. The molecule has 1 N–H and O–H groups in total. The summed E-state index contributed by atoms with van der Waals surface area (Å²) in [5.41, 5.74) is 5.79. The molecule has 3 aromatic rings. The molecule has 0 bridgehead atoms. The first kappa shape index (κ1) is 16.3. The number of nitrogens with one attached hydrogen (secondary N) is 1. The summed E-state index contributed by atoms with van der Waals surface area (Å²) >= 11 is 0. The van der Waals surface area contributed by atoms with Gasteiger partial charge in [0.1, 0.15) is 0 Å². The summed E-state index contributed by atoms with van der Waals surface area (Å²) in [6, 6.07) is 14.6. The number of aromatic nitrogens is 2. The van der Waals surface area contributed by atoms with Gasteiger partial charge in [0, 0.05) is 24.2 Å². The fourth-order valence-corrected chi connectivity index (χ4v) is 3.51. The molecule has 0 aliphatic heterocycles. The maximum absolute atomic E-state index is 12.3. The standard InChI is InChI=1S/C22H21N3O/c1-16-6-7-17(14-21(16)25-13-12-23-15-25)8-11-22(26)24-20-10-9-18-4-2-3-5-19(18)20/h2-8,11-15,20H,9-10H2,1H3,(H,24,26)/b11-8+. The summed E-state index contributed by atoms with van der Waals surface area (Å²) in [5, 5.41) is 3.12. The Hall–Kier alpha value is -3.14. The van der Waals surface area contributed by atoms with Crippen molar-refractivity contribution in [3.8, 4) is 5.69 Å². The highest BCUT2D eigenvalue weighted by atomic mass is 16.1. The van der Waals surface area contributed by atoms with Gasteiger partial charge in [0.25, 0.3) is 0 Å². The van der Waals surface area contributed by atoms with E-state index in [0.717, 1.165) is 29.7 Å². The van der Waals surface area contributed by atoms with E-state index in [0.29, 0.717) is 0 Å². The van der Waals surface area contributed by atoms with Gasteiger partial charge < -0.3 is 9.88 Å². The monoisotopic (exact) mass is 343 g/mol. The highest BCUT2D eigenvalue weighted by molar-refractivity contribution is 5.92. The van der Waals surface area contributed by atoms with Gasteiger partial charge in [-0.2, -0.15) is 0 Å². The van der Waals surface area contributed by atoms with Gasteiger partial charge in [0.05, 0.1) is 12.4 Å². The van der Waals surface area contributed by atoms with Gasteiger partial charge in [-0.05, 0) is 54.2 Å². The molecule has 0 radical (unpaired) electrons. The lowest BCUT2D eigenvalue weighted by Crippen LogP contribution is -2.25. The predicted molar refractivity (Wildman–Crippen MR) is 103 cm³/mol. The number of nitrogens with zero attached hydrogens (tertiary/aromatic N) is 2. The van der Waals surface area contributed by atoms with E-state index in [2.05, 4.69) is 47.6 Å². The smallest absolute Gasteiger partial charge is 0.244 e. The van der Waals surface area contributed by atoms with E-state index in [4.69, 9.17) is 0 Å². The van der Waals surface area contributed by atoms with Crippen molar-refractivity contribution in [2.75, 3.05) is 0 Å². The number of imidazole rings is 1. The van der Waals surface area contributed by atoms with Crippen LogP contribution in [0.4, 0.5) is 0 Å². The van der Waals surface area contributed by atoms with Crippen LogP contribution in [0.25, 0.3) is 11.8 Å². The van der Waals surface area contributed by atoms with Crippen molar-refractivity contribution >= 4 is 12.0 Å². The number of aryl methyl sites for hydroxylation is 2. The maximum atomic E-state index is 12.3. The number of fused-ring (bicyclic) bond motifs is 1. The molecule has 1 aliphatic carbocycles. The van der Waals surface area contributed by atoms with E-state index in [1.54, 1.807) is 18.6 Å². The Morgan fingerprint density at radius 3 is 3.00 bits per heavy atom. The van der Waals surface area contributed by atoms with Crippen LogP contribution in [0.5, 0.6) is 0 Å². The van der Waals surface area contributed by atoms with Crippen LogP contribution in [0.2, 0.25) is 0 Å². The van der Waals surface area contributed by atoms with Crippen molar-refractivity contribution in [1.82, 2.24) is 14.9 Å². The van der Waals surface area contributed by atoms with E-state index < -0.39 is 0 Å². The molecule has 0 saturated carbocycles. The summed E-state index contributed by atoms with van der Waals surface area (Å²) in [6.07, 6.45) is 10.9. The third kappa shape index (κ3) is 3.31. The summed E-state index contributed by atoms with van der Waals surface area (Å²) in [4.78, 5) is 16.4. The molecule has 4 nitrogen and oxygen atoms in total. The van der Waals surface area contributed by atoms with E-state index in [1.165, 1.54) is 11.1 Å². The van der Waals surface area contributed by atoms with Crippen molar-refractivity contribution in [1.29, 1.82) is 0 Å². The fraction of sp³-hybridized carbons (Fsp3) is 0.182. The second-order valence-electron chi connectivity index (χ2n) is 6.65. The average molecular weight is 343 g/mol. The van der Waals surface area contributed by atoms with Crippen LogP contribution in [0.1, 0.15) is 34.7 Å². The SMILES string of the molecule is Cc1ccc(/C=C/C(=O)NC2CCc3ccccc32)cc1-n1ccnc1. The van der Waals surface area contributed by atoms with Gasteiger partial charge in [0.15, 0.2) is 0 Å². The zero-order valence-electron chi connectivity index (χ0n) is 14.7. The minimum absolute atomic E-state index is 0.0588. The van der Waals surface area contributed by atoms with E-state index in [-0.39, 0.29) is 11.9 Å². The zero-order valence-corrected chi connectivity index (χ0v) is 14.7. The first-order valence-electron chi connectivity index (χ1n) is 8.86. The second-order valence-corrected chi connectivity index (χ2v) is 6.65. The lowest BCUT2D eigenvalue weighted by Gasteiger charge is -2.12. The van der Waals surface area contributed by atoms with Gasteiger partial charge >= 0.3 is 0 Å². The van der Waals surface area contributed by atoms with Crippen molar-refractivity contribution < 1.29 is 4.79 Å². The fourth-order valence-electron chi connectivity index (χ4n) is 3.51. The minimum Gasteiger partial charge on any atom is -0.346 e. The van der Waals surface area contributed by atoms with E-state index in [1.807, 2.05) is 29.0 Å². The lowest BCUT2D eigenvalue weighted by atomic mass is 10.1. The highest BCUT2D eigenvalue weighted by Crippen LogP contribution is 2.30. The lowest BCUT2D eigenvalue weighted by molar-refractivity contribution is -0.117. The number of hydrogen-bond acceptors (Lipinski definition) is 2. The van der Waals surface area contributed by atoms with Crippen LogP contribution in [0.15, 0.2) is 67.3 Å². The topological polar surface area (TPSA) is 46.9 Å². The molecule has 4 rings (SSSR count). The Kier molecular flexibility index (Phi) is 4.40. The molecule has 0 saturated heterocycles. The van der Waals surface area contributed by atoms with Crippen molar-refractivity contribution in [2.45, 2.75) is 25.8 Å². The number of rotatable bonds is 4. The molecule has 1 heterocycles. The van der Waals surface area contributed by atoms with Crippen LogP contribution >= 0.6 is 0 Å². The molecule has 0 spiro atoms. The first-order valence-corrected chi connectivity index (χ1v) is 8.86. The van der Waals surface area contributed by atoms with Crippen molar-refractivity contribution in [3.63, 3.8) is 0 Å². The van der Waals surface area contributed by atoms with Crippen LogP contribution < -0.4 is 5.32 Å². The Labute approximate surface area is 153 Å². The maximum Gasteiger partial charge on any atom is 0.244 e. The third-order valence-electron chi connectivity index (χ3n) is 4.89. The molecule has 1 amide bonds. The molecule has 1 unspecified atom stereocenters. The number of carbonyl (C=O) groups excluding carboxylic acids is 1. The van der Waals surface area contributed by atoms with Crippen molar-refractivity contribution in [3.05, 3.63) is 89.5 Å². The van der Waals surface area contributed by atoms with E-state index in [9.17, 15) is 4.79 Å². The molecule has 4 heteroatoms. The largest absolute Gasteiger partial charge is 0.346 e. The Bertz CT molecular complexity index is 957. The van der Waals surface area contributed by atoms with Crippen LogP contribution in [0, 0.1) is 6.92 Å². The number of hydrogen-bond donors (Lipinski definition) is 1. The Morgan fingerprint density at radius 1 is 1.27 bits per heavy atom. The van der Waals surface area contributed by atoms with E-state index >= 15 is 0 Å². The van der Waals surface area contributed by atoms with Crippen LogP contribution in [-0.4, -0.2) is 15.5 Å². The molecule has 1 aromatic heterocycles. The highest BCUT2D eigenvalue weighted by Gasteiger charge is 2.22. The summed E-state index contributed by atoms with van der Waals surface area (Å²) in [7, 11) is 0.